The van der Waals surface area contributed by atoms with Crippen LogP contribution in [0.5, 0.6) is 11.5 Å². The molecule has 10 heteroatoms. The Hall–Kier alpha value is -3.69. The van der Waals surface area contributed by atoms with E-state index < -0.39 is 23.8 Å². The number of methoxy groups -OCH3 is 1. The molecule has 1 aromatic heterocycles. The number of carbonyl (C=O) groups excluding carboxylic acids is 1. The number of fused-ring (bicyclic) bond motifs is 1. The number of benzene rings is 2. The zero-order valence-corrected chi connectivity index (χ0v) is 15.9. The van der Waals surface area contributed by atoms with Gasteiger partial charge < -0.3 is 19.2 Å². The van der Waals surface area contributed by atoms with Crippen molar-refractivity contribution in [2.45, 2.75) is 19.6 Å². The van der Waals surface area contributed by atoms with Crippen LogP contribution in [0.1, 0.15) is 16.8 Å². The summed E-state index contributed by atoms with van der Waals surface area (Å²) in [5.41, 5.74) is -0.567. The van der Waals surface area contributed by atoms with Crippen molar-refractivity contribution < 1.29 is 27.8 Å². The Labute approximate surface area is 168 Å². The van der Waals surface area contributed by atoms with Crippen LogP contribution in [-0.4, -0.2) is 35.8 Å². The van der Waals surface area contributed by atoms with Crippen LogP contribution in [0.2, 0.25) is 0 Å². The second-order valence-corrected chi connectivity index (χ2v) is 6.17. The van der Waals surface area contributed by atoms with Gasteiger partial charge in [-0.15, -0.1) is 0 Å². The summed E-state index contributed by atoms with van der Waals surface area (Å²) >= 11 is 0. The number of aromatic amines is 1. The summed E-state index contributed by atoms with van der Waals surface area (Å²) in [5, 5.41) is 0.374. The highest BCUT2D eigenvalue weighted by atomic mass is 19.3. The normalized spacial score (nSPS) is 10.9. The molecule has 0 aliphatic carbocycles. The summed E-state index contributed by atoms with van der Waals surface area (Å²) in [6, 6.07) is 10.4. The van der Waals surface area contributed by atoms with Gasteiger partial charge >= 0.3 is 18.3 Å². The van der Waals surface area contributed by atoms with E-state index in [1.807, 2.05) is 0 Å². The third kappa shape index (κ3) is 4.65. The highest BCUT2D eigenvalue weighted by Gasteiger charge is 2.15. The van der Waals surface area contributed by atoms with E-state index in [4.69, 9.17) is 9.47 Å². The summed E-state index contributed by atoms with van der Waals surface area (Å²) in [6.45, 7) is -3.13. The number of nitrogens with zero attached hydrogens (tertiary/aromatic N) is 1. The molecule has 0 aliphatic rings. The van der Waals surface area contributed by atoms with Gasteiger partial charge in [0.1, 0.15) is 0 Å². The van der Waals surface area contributed by atoms with E-state index in [0.717, 1.165) is 10.6 Å². The van der Waals surface area contributed by atoms with Gasteiger partial charge in [-0.2, -0.15) is 8.78 Å². The Kier molecular flexibility index (Phi) is 6.45. The first-order valence-electron chi connectivity index (χ1n) is 8.92. The Balaban J connectivity index is 1.64. The lowest BCUT2D eigenvalue weighted by molar-refractivity contribution is -0.0513. The maximum Gasteiger partial charge on any atom is 0.387 e. The van der Waals surface area contributed by atoms with Gasteiger partial charge in [0.25, 0.3) is 5.56 Å². The van der Waals surface area contributed by atoms with Crippen molar-refractivity contribution >= 4 is 16.9 Å². The molecule has 0 amide bonds. The maximum atomic E-state index is 12.5. The summed E-state index contributed by atoms with van der Waals surface area (Å²) in [7, 11) is 1.28. The molecule has 0 unspecified atom stereocenters. The van der Waals surface area contributed by atoms with Crippen molar-refractivity contribution in [3.8, 4) is 11.5 Å². The SMILES string of the molecule is COc1ccc(C(=O)OCCCn2c(=O)[nH]c3ccccc3c2=O)cc1OC(F)F. The van der Waals surface area contributed by atoms with Gasteiger partial charge in [-0.3, -0.25) is 9.36 Å². The second kappa shape index (κ2) is 9.21. The topological polar surface area (TPSA) is 99.6 Å². The molecule has 158 valence electrons. The minimum Gasteiger partial charge on any atom is -0.493 e. The first-order valence-corrected chi connectivity index (χ1v) is 8.92. The number of halogens is 2. The van der Waals surface area contributed by atoms with Gasteiger partial charge in [0.2, 0.25) is 0 Å². The van der Waals surface area contributed by atoms with Gasteiger partial charge in [0, 0.05) is 6.54 Å². The number of hydrogen-bond acceptors (Lipinski definition) is 6. The smallest absolute Gasteiger partial charge is 0.387 e. The molecule has 30 heavy (non-hydrogen) atoms. The standard InChI is InChI=1S/C20H18F2N2O6/c1-28-15-8-7-12(11-16(15)30-19(21)22)18(26)29-10-4-9-24-17(25)13-5-2-3-6-14(13)23-20(24)27/h2-3,5-8,11,19H,4,9-10H2,1H3,(H,23,27). The third-order valence-corrected chi connectivity index (χ3v) is 4.26. The number of hydrogen-bond donors (Lipinski definition) is 1. The molecule has 0 radical (unpaired) electrons. The Morgan fingerprint density at radius 1 is 1.13 bits per heavy atom. The fraction of sp³-hybridized carbons (Fsp3) is 0.250. The number of aromatic nitrogens is 2. The lowest BCUT2D eigenvalue weighted by Crippen LogP contribution is -2.35. The fourth-order valence-corrected chi connectivity index (χ4v) is 2.86. The van der Waals surface area contributed by atoms with E-state index in [9.17, 15) is 23.2 Å². The Morgan fingerprint density at radius 2 is 1.90 bits per heavy atom. The van der Waals surface area contributed by atoms with E-state index in [1.165, 1.54) is 19.2 Å². The third-order valence-electron chi connectivity index (χ3n) is 4.26. The van der Waals surface area contributed by atoms with Gasteiger partial charge in [-0.1, -0.05) is 12.1 Å². The number of nitrogens with one attached hydrogen (secondary N) is 1. The Bertz CT molecular complexity index is 1170. The van der Waals surface area contributed by atoms with Crippen LogP contribution < -0.4 is 20.7 Å². The van der Waals surface area contributed by atoms with E-state index >= 15 is 0 Å². The average molecular weight is 420 g/mol. The van der Waals surface area contributed by atoms with Crippen LogP contribution in [-0.2, 0) is 11.3 Å². The molecule has 0 saturated carbocycles. The van der Waals surface area contributed by atoms with Gasteiger partial charge in [0.15, 0.2) is 11.5 Å². The number of para-hydroxylation sites is 1. The van der Waals surface area contributed by atoms with E-state index in [1.54, 1.807) is 24.3 Å². The Morgan fingerprint density at radius 3 is 2.63 bits per heavy atom. The molecule has 0 bridgehead atoms. The van der Waals surface area contributed by atoms with E-state index in [-0.39, 0.29) is 36.6 Å². The molecular weight excluding hydrogens is 402 g/mol. The predicted octanol–water partition coefficient (Wildman–Crippen LogP) is 2.55. The fourth-order valence-electron chi connectivity index (χ4n) is 2.86. The van der Waals surface area contributed by atoms with Gasteiger partial charge in [0.05, 0.1) is 30.2 Å². The van der Waals surface area contributed by atoms with Gasteiger partial charge in [-0.05, 0) is 36.8 Å². The first kappa shape index (κ1) is 21.0. The van der Waals surface area contributed by atoms with E-state index in [0.29, 0.717) is 10.9 Å². The molecule has 0 spiro atoms. The van der Waals surface area contributed by atoms with Crippen LogP contribution in [0.4, 0.5) is 8.78 Å². The summed E-state index contributed by atoms with van der Waals surface area (Å²) in [6.07, 6.45) is 0.198. The molecule has 2 aromatic carbocycles. The molecule has 0 atom stereocenters. The average Bonchev–Trinajstić information content (AvgIpc) is 2.72. The number of alkyl halides is 2. The van der Waals surface area contributed by atoms with Gasteiger partial charge in [-0.25, -0.2) is 9.59 Å². The molecule has 0 aliphatic heterocycles. The lowest BCUT2D eigenvalue weighted by atomic mass is 10.2. The molecule has 0 fully saturated rings. The van der Waals surface area contributed by atoms with Crippen molar-refractivity contribution in [1.82, 2.24) is 9.55 Å². The van der Waals surface area contributed by atoms with Crippen molar-refractivity contribution in [3.63, 3.8) is 0 Å². The quantitative estimate of drug-likeness (QED) is 0.444. The largest absolute Gasteiger partial charge is 0.493 e. The molecule has 3 aromatic rings. The zero-order chi connectivity index (χ0) is 21.7. The number of ether oxygens (including phenoxy) is 3. The number of carbonyl (C=O) groups is 1. The van der Waals surface area contributed by atoms with Crippen LogP contribution in [0.25, 0.3) is 10.9 Å². The first-order chi connectivity index (χ1) is 14.4. The molecule has 1 N–H and O–H groups in total. The minimum absolute atomic E-state index is 0.00725. The predicted molar refractivity (Wildman–Crippen MR) is 103 cm³/mol. The molecule has 0 saturated heterocycles. The molecular formula is C20H18F2N2O6. The second-order valence-electron chi connectivity index (χ2n) is 6.17. The van der Waals surface area contributed by atoms with Crippen LogP contribution in [0.15, 0.2) is 52.1 Å². The van der Waals surface area contributed by atoms with Crippen molar-refractivity contribution in [3.05, 3.63) is 68.9 Å². The molecule has 3 rings (SSSR count). The minimum atomic E-state index is -3.08. The summed E-state index contributed by atoms with van der Waals surface area (Å²) < 4.78 is 40.3. The molecule has 1 heterocycles. The highest BCUT2D eigenvalue weighted by molar-refractivity contribution is 5.90. The highest BCUT2D eigenvalue weighted by Crippen LogP contribution is 2.29. The summed E-state index contributed by atoms with van der Waals surface area (Å²) in [5.74, 6) is -1.02. The number of H-pyrrole nitrogens is 1. The van der Waals surface area contributed by atoms with E-state index in [2.05, 4.69) is 9.72 Å². The van der Waals surface area contributed by atoms with Crippen molar-refractivity contribution in [1.29, 1.82) is 0 Å². The van der Waals surface area contributed by atoms with Crippen LogP contribution >= 0.6 is 0 Å². The summed E-state index contributed by atoms with van der Waals surface area (Å²) in [4.78, 5) is 39.3. The number of rotatable bonds is 8. The lowest BCUT2D eigenvalue weighted by Gasteiger charge is -2.11. The maximum absolute atomic E-state index is 12.5. The zero-order valence-electron chi connectivity index (χ0n) is 15.9. The van der Waals surface area contributed by atoms with Crippen LogP contribution in [0, 0.1) is 0 Å². The molecule has 8 nitrogen and oxygen atoms in total. The van der Waals surface area contributed by atoms with Crippen molar-refractivity contribution in [2.24, 2.45) is 0 Å². The van der Waals surface area contributed by atoms with Crippen LogP contribution in [0.3, 0.4) is 0 Å². The van der Waals surface area contributed by atoms with Crippen molar-refractivity contribution in [2.75, 3.05) is 13.7 Å². The number of esters is 1. The monoisotopic (exact) mass is 420 g/mol.